The number of ether oxygens (including phenoxy) is 3. The Morgan fingerprint density at radius 3 is 2.32 bits per heavy atom. The lowest BCUT2D eigenvalue weighted by atomic mass is 10.1. The third-order valence-corrected chi connectivity index (χ3v) is 5.36. The molecule has 9 heteroatoms. The molecule has 3 rings (SSSR count). The van der Waals surface area contributed by atoms with Gasteiger partial charge in [0.2, 0.25) is 0 Å². The number of amides is 4. The molecule has 1 N–H and O–H groups in total. The highest BCUT2D eigenvalue weighted by Crippen LogP contribution is 2.30. The molecule has 0 aliphatic carbocycles. The number of rotatable bonds is 10. The molecule has 4 amide bonds. The van der Waals surface area contributed by atoms with Crippen LogP contribution in [0.4, 0.5) is 4.79 Å². The number of nitrogens with zero attached hydrogens (tertiary/aromatic N) is 1. The maximum Gasteiger partial charge on any atom is 0.331 e. The van der Waals surface area contributed by atoms with Crippen molar-refractivity contribution in [2.75, 3.05) is 19.8 Å². The Morgan fingerprint density at radius 1 is 0.912 bits per heavy atom. The van der Waals surface area contributed by atoms with Crippen LogP contribution in [0.5, 0.6) is 17.2 Å². The van der Waals surface area contributed by atoms with Gasteiger partial charge in [-0.1, -0.05) is 28.9 Å². The van der Waals surface area contributed by atoms with Crippen molar-refractivity contribution in [1.29, 1.82) is 0 Å². The molecule has 0 aromatic heterocycles. The number of barbiturate groups is 1. The van der Waals surface area contributed by atoms with Crippen molar-refractivity contribution in [3.63, 3.8) is 0 Å². The average Bonchev–Trinajstić information content (AvgIpc) is 2.81. The molecule has 34 heavy (non-hydrogen) atoms. The van der Waals surface area contributed by atoms with E-state index in [-0.39, 0.29) is 12.1 Å². The van der Waals surface area contributed by atoms with Gasteiger partial charge in [-0.05, 0) is 62.2 Å². The molecule has 1 aliphatic rings. The Balaban J connectivity index is 1.91. The first-order valence-corrected chi connectivity index (χ1v) is 11.9. The summed E-state index contributed by atoms with van der Waals surface area (Å²) in [5.41, 5.74) is 1.04. The van der Waals surface area contributed by atoms with E-state index in [9.17, 15) is 14.4 Å². The van der Waals surface area contributed by atoms with E-state index >= 15 is 0 Å². The lowest BCUT2D eigenvalue weighted by Gasteiger charge is -2.27. The van der Waals surface area contributed by atoms with E-state index in [4.69, 9.17) is 14.2 Å². The van der Waals surface area contributed by atoms with Gasteiger partial charge in [0.15, 0.2) is 11.5 Å². The van der Waals surface area contributed by atoms with Gasteiger partial charge in [-0.2, -0.15) is 0 Å². The molecule has 0 spiro atoms. The van der Waals surface area contributed by atoms with Crippen LogP contribution in [-0.2, 0) is 16.1 Å². The van der Waals surface area contributed by atoms with Crippen molar-refractivity contribution in [1.82, 2.24) is 10.2 Å². The Morgan fingerprint density at radius 2 is 1.62 bits per heavy atom. The molecular formula is C25H27BrN2O6. The van der Waals surface area contributed by atoms with Crippen LogP contribution in [0, 0.1) is 0 Å². The van der Waals surface area contributed by atoms with E-state index in [2.05, 4.69) is 21.2 Å². The third kappa shape index (κ3) is 5.96. The van der Waals surface area contributed by atoms with Crippen LogP contribution < -0.4 is 19.5 Å². The number of halogens is 1. The normalized spacial score (nSPS) is 14.9. The highest BCUT2D eigenvalue weighted by Gasteiger charge is 2.36. The van der Waals surface area contributed by atoms with Gasteiger partial charge in [0.25, 0.3) is 11.8 Å². The molecule has 2 aromatic carbocycles. The van der Waals surface area contributed by atoms with Crippen LogP contribution in [0.1, 0.15) is 38.3 Å². The van der Waals surface area contributed by atoms with Gasteiger partial charge < -0.3 is 14.2 Å². The van der Waals surface area contributed by atoms with Gasteiger partial charge in [-0.3, -0.25) is 19.8 Å². The first-order valence-electron chi connectivity index (χ1n) is 11.1. The van der Waals surface area contributed by atoms with E-state index in [0.29, 0.717) is 48.2 Å². The number of hydrogen-bond donors (Lipinski definition) is 1. The van der Waals surface area contributed by atoms with Crippen molar-refractivity contribution in [3.05, 3.63) is 57.6 Å². The smallest absolute Gasteiger partial charge is 0.331 e. The zero-order valence-corrected chi connectivity index (χ0v) is 20.9. The monoisotopic (exact) mass is 530 g/mol. The van der Waals surface area contributed by atoms with Crippen LogP contribution >= 0.6 is 15.9 Å². The largest absolute Gasteiger partial charge is 0.493 e. The highest BCUT2D eigenvalue weighted by atomic mass is 79.9. The number of urea groups is 1. The third-order valence-electron chi connectivity index (χ3n) is 4.87. The van der Waals surface area contributed by atoms with Crippen LogP contribution in [0.25, 0.3) is 6.08 Å². The van der Waals surface area contributed by atoms with E-state index < -0.39 is 17.8 Å². The summed E-state index contributed by atoms with van der Waals surface area (Å²) in [6, 6.07) is 9.74. The van der Waals surface area contributed by atoms with Crippen molar-refractivity contribution in [3.8, 4) is 17.2 Å². The fraction of sp³-hybridized carbons (Fsp3) is 0.320. The second-order valence-corrected chi connectivity index (χ2v) is 8.30. The fourth-order valence-corrected chi connectivity index (χ4v) is 3.72. The Kier molecular flexibility index (Phi) is 8.70. The number of hydrogen-bond acceptors (Lipinski definition) is 6. The van der Waals surface area contributed by atoms with Crippen molar-refractivity contribution < 1.29 is 28.6 Å². The summed E-state index contributed by atoms with van der Waals surface area (Å²) < 4.78 is 17.7. The van der Waals surface area contributed by atoms with Crippen LogP contribution in [-0.4, -0.2) is 42.6 Å². The molecule has 1 fully saturated rings. The van der Waals surface area contributed by atoms with Gasteiger partial charge in [-0.15, -0.1) is 0 Å². The molecule has 180 valence electrons. The fourth-order valence-electron chi connectivity index (χ4n) is 3.35. The quantitative estimate of drug-likeness (QED) is 0.353. The SMILES string of the molecule is CCCOc1ccc(CN2C(=O)NC(=O)/C(=C\c3cc(Br)ccc3OCC)C2=O)cc1OCC. The molecule has 0 bridgehead atoms. The predicted molar refractivity (Wildman–Crippen MR) is 131 cm³/mol. The summed E-state index contributed by atoms with van der Waals surface area (Å²) in [6.45, 7) is 7.06. The topological polar surface area (TPSA) is 94.2 Å². The van der Waals surface area contributed by atoms with Gasteiger partial charge in [0.1, 0.15) is 11.3 Å². The summed E-state index contributed by atoms with van der Waals surface area (Å²) in [5.74, 6) is 0.190. The van der Waals surface area contributed by atoms with E-state index in [1.165, 1.54) is 6.08 Å². The molecule has 0 unspecified atom stereocenters. The molecule has 0 radical (unpaired) electrons. The Labute approximate surface area is 207 Å². The molecule has 0 atom stereocenters. The average molecular weight is 531 g/mol. The highest BCUT2D eigenvalue weighted by molar-refractivity contribution is 9.10. The van der Waals surface area contributed by atoms with Crippen molar-refractivity contribution in [2.24, 2.45) is 0 Å². The summed E-state index contributed by atoms with van der Waals surface area (Å²) >= 11 is 3.39. The van der Waals surface area contributed by atoms with Gasteiger partial charge in [-0.25, -0.2) is 4.79 Å². The first-order chi connectivity index (χ1) is 16.4. The lowest BCUT2D eigenvalue weighted by molar-refractivity contribution is -0.130. The maximum absolute atomic E-state index is 13.2. The molecule has 0 saturated carbocycles. The summed E-state index contributed by atoms with van der Waals surface area (Å²) in [4.78, 5) is 39.2. The Hall–Kier alpha value is -3.33. The second kappa shape index (κ2) is 11.7. The van der Waals surface area contributed by atoms with Crippen molar-refractivity contribution in [2.45, 2.75) is 33.7 Å². The van der Waals surface area contributed by atoms with E-state index in [1.807, 2.05) is 20.8 Å². The summed E-state index contributed by atoms with van der Waals surface area (Å²) in [5, 5.41) is 2.25. The molecule has 2 aromatic rings. The zero-order chi connectivity index (χ0) is 24.7. The zero-order valence-electron chi connectivity index (χ0n) is 19.4. The number of imide groups is 2. The van der Waals surface area contributed by atoms with E-state index in [1.54, 1.807) is 36.4 Å². The molecule has 1 saturated heterocycles. The molecule has 1 aliphatic heterocycles. The minimum atomic E-state index is -0.782. The number of benzene rings is 2. The Bertz CT molecular complexity index is 1110. The number of carbonyl (C=O) groups is 3. The minimum Gasteiger partial charge on any atom is -0.493 e. The lowest BCUT2D eigenvalue weighted by Crippen LogP contribution is -2.53. The van der Waals surface area contributed by atoms with Crippen LogP contribution in [0.3, 0.4) is 0 Å². The van der Waals surface area contributed by atoms with Gasteiger partial charge in [0.05, 0.1) is 26.4 Å². The van der Waals surface area contributed by atoms with Crippen molar-refractivity contribution >= 4 is 39.9 Å². The standard InChI is InChI=1S/C25H27BrN2O6/c1-4-11-34-21-9-7-16(12-22(21)33-6-3)15-28-24(30)19(23(29)27-25(28)31)14-17-13-18(26)8-10-20(17)32-5-2/h7-10,12-14H,4-6,11,15H2,1-3H3,(H,27,29,31)/b19-14+. The summed E-state index contributed by atoms with van der Waals surface area (Å²) in [7, 11) is 0. The van der Waals surface area contributed by atoms with Crippen LogP contribution in [0.2, 0.25) is 0 Å². The number of nitrogens with one attached hydrogen (secondary N) is 1. The molecule has 8 nitrogen and oxygen atoms in total. The predicted octanol–water partition coefficient (Wildman–Crippen LogP) is 4.70. The molecule has 1 heterocycles. The van der Waals surface area contributed by atoms with Gasteiger partial charge in [0, 0.05) is 10.0 Å². The van der Waals surface area contributed by atoms with Gasteiger partial charge >= 0.3 is 6.03 Å². The second-order valence-electron chi connectivity index (χ2n) is 7.39. The minimum absolute atomic E-state index is 0.0414. The maximum atomic E-state index is 13.2. The first kappa shape index (κ1) is 25.3. The van der Waals surface area contributed by atoms with Crippen LogP contribution in [0.15, 0.2) is 46.4 Å². The summed E-state index contributed by atoms with van der Waals surface area (Å²) in [6.07, 6.45) is 2.28. The van der Waals surface area contributed by atoms with E-state index in [0.717, 1.165) is 15.8 Å². The number of carbonyl (C=O) groups excluding carboxylic acids is 3. The molecular weight excluding hydrogens is 504 g/mol.